The Balaban J connectivity index is 2.54. The van der Waals surface area contributed by atoms with E-state index in [1.807, 2.05) is 0 Å². The monoisotopic (exact) mass is 120 g/mol. The predicted molar refractivity (Wildman–Crippen MR) is 30.2 cm³/mol. The molecule has 0 unspecified atom stereocenters. The fourth-order valence-corrected chi connectivity index (χ4v) is 0.728. The van der Waals surface area contributed by atoms with Crippen LogP contribution in [-0.4, -0.2) is 6.79 Å². The maximum atomic E-state index is 4.99. The Bertz CT molecular complexity index is 197. The first-order chi connectivity index (χ1) is 4.47. The van der Waals surface area contributed by atoms with Gasteiger partial charge in [-0.3, -0.25) is 0 Å². The molecule has 0 saturated carbocycles. The molecule has 0 aromatic heterocycles. The summed E-state index contributed by atoms with van der Waals surface area (Å²) in [6, 6.07) is 9.23. The van der Waals surface area contributed by atoms with Crippen LogP contribution in [0.3, 0.4) is 0 Å². The van der Waals surface area contributed by atoms with E-state index in [4.69, 9.17) is 9.47 Å². The van der Waals surface area contributed by atoms with E-state index in [9.17, 15) is 0 Å². The second-order valence-electron chi connectivity index (χ2n) is 1.69. The van der Waals surface area contributed by atoms with Crippen LogP contribution in [0.25, 0.3) is 0 Å². The highest BCUT2D eigenvalue weighted by atomic mass is 16.7. The standard InChI is InChI=1S/C7H4O2/c1-2-4-7-6(3-1)8-5-9-7/h1-2H,5H2. The van der Waals surface area contributed by atoms with Gasteiger partial charge in [0.05, 0.1) is 0 Å². The largest absolute Gasteiger partial charge is 0.453 e. The molecular formula is C7H4O2. The summed E-state index contributed by atoms with van der Waals surface area (Å²) in [6.07, 6.45) is 0. The Morgan fingerprint density at radius 3 is 2.22 bits per heavy atom. The number of benzene rings is 1. The van der Waals surface area contributed by atoms with Crippen LogP contribution in [0.2, 0.25) is 0 Å². The van der Waals surface area contributed by atoms with Gasteiger partial charge in [0, 0.05) is 12.1 Å². The third kappa shape index (κ3) is 0.633. The van der Waals surface area contributed by atoms with Crippen molar-refractivity contribution in [1.29, 1.82) is 0 Å². The average molecular weight is 120 g/mol. The summed E-state index contributed by atoms with van der Waals surface area (Å²) >= 11 is 0. The highest BCUT2D eigenvalue weighted by molar-refractivity contribution is 5.38. The number of ether oxygens (including phenoxy) is 2. The molecule has 0 saturated heterocycles. The molecule has 44 valence electrons. The lowest BCUT2D eigenvalue weighted by Crippen LogP contribution is -1.92. The highest BCUT2D eigenvalue weighted by Gasteiger charge is 2.10. The summed E-state index contributed by atoms with van der Waals surface area (Å²) in [5, 5.41) is 0. The molecule has 0 bridgehead atoms. The van der Waals surface area contributed by atoms with Crippen LogP contribution in [0, 0.1) is 12.1 Å². The smallest absolute Gasteiger partial charge is 0.231 e. The average Bonchev–Trinajstić information content (AvgIpc) is 2.33. The van der Waals surface area contributed by atoms with Crippen molar-refractivity contribution in [3.63, 3.8) is 0 Å². The topological polar surface area (TPSA) is 18.5 Å². The second kappa shape index (κ2) is 1.65. The quantitative estimate of drug-likeness (QED) is 0.508. The van der Waals surface area contributed by atoms with E-state index in [1.54, 1.807) is 12.1 Å². The van der Waals surface area contributed by atoms with Crippen molar-refractivity contribution in [2.24, 2.45) is 0 Å². The zero-order valence-electron chi connectivity index (χ0n) is 4.68. The molecule has 2 rings (SSSR count). The van der Waals surface area contributed by atoms with E-state index in [2.05, 4.69) is 12.1 Å². The van der Waals surface area contributed by atoms with Gasteiger partial charge in [-0.25, -0.2) is 0 Å². The lowest BCUT2D eigenvalue weighted by Gasteiger charge is -1.88. The molecule has 0 amide bonds. The van der Waals surface area contributed by atoms with E-state index in [-0.39, 0.29) is 0 Å². The second-order valence-corrected chi connectivity index (χ2v) is 1.69. The molecule has 2 nitrogen and oxygen atoms in total. The van der Waals surface area contributed by atoms with Crippen molar-refractivity contribution in [2.75, 3.05) is 6.79 Å². The maximum absolute atomic E-state index is 4.99. The first-order valence-corrected chi connectivity index (χ1v) is 2.65. The summed E-state index contributed by atoms with van der Waals surface area (Å²) in [7, 11) is 0. The Morgan fingerprint density at radius 1 is 1.11 bits per heavy atom. The summed E-state index contributed by atoms with van der Waals surface area (Å²) in [6.45, 7) is 0.298. The van der Waals surface area contributed by atoms with Gasteiger partial charge in [-0.2, -0.15) is 0 Å². The van der Waals surface area contributed by atoms with E-state index in [1.165, 1.54) is 0 Å². The highest BCUT2D eigenvalue weighted by Crippen LogP contribution is 2.29. The predicted octanol–water partition coefficient (Wildman–Crippen LogP) is 1.02. The molecule has 0 N–H and O–H groups in total. The molecule has 1 aliphatic rings. The maximum Gasteiger partial charge on any atom is 0.231 e. The van der Waals surface area contributed by atoms with E-state index in [0.717, 1.165) is 0 Å². The molecule has 1 heterocycles. The van der Waals surface area contributed by atoms with E-state index >= 15 is 0 Å². The lowest BCUT2D eigenvalue weighted by atomic mass is 10.3. The van der Waals surface area contributed by atoms with Crippen LogP contribution >= 0.6 is 0 Å². The van der Waals surface area contributed by atoms with E-state index in [0.29, 0.717) is 18.3 Å². The van der Waals surface area contributed by atoms with Gasteiger partial charge >= 0.3 is 0 Å². The molecule has 1 aromatic rings. The molecule has 0 aliphatic carbocycles. The number of rotatable bonds is 0. The Labute approximate surface area is 53.0 Å². The van der Waals surface area contributed by atoms with E-state index < -0.39 is 0 Å². The Morgan fingerprint density at radius 2 is 1.67 bits per heavy atom. The minimum absolute atomic E-state index is 0.298. The third-order valence-electron chi connectivity index (χ3n) is 1.12. The van der Waals surface area contributed by atoms with Crippen molar-refractivity contribution in [3.8, 4) is 11.5 Å². The lowest BCUT2D eigenvalue weighted by molar-refractivity contribution is 0.173. The van der Waals surface area contributed by atoms with Crippen LogP contribution in [0.4, 0.5) is 0 Å². The zero-order valence-corrected chi connectivity index (χ0v) is 4.68. The molecule has 0 atom stereocenters. The van der Waals surface area contributed by atoms with Gasteiger partial charge in [-0.15, -0.1) is 0 Å². The van der Waals surface area contributed by atoms with Crippen LogP contribution < -0.4 is 9.47 Å². The molecule has 0 fully saturated rings. The molecule has 2 heteroatoms. The fourth-order valence-electron chi connectivity index (χ4n) is 0.728. The molecule has 2 radical (unpaired) electrons. The van der Waals surface area contributed by atoms with Crippen molar-refractivity contribution in [3.05, 3.63) is 24.3 Å². The SMILES string of the molecule is [c]1cc[c]c2c1OCO2. The van der Waals surface area contributed by atoms with Gasteiger partial charge in [0.15, 0.2) is 11.5 Å². The number of fused-ring (bicyclic) bond motifs is 1. The van der Waals surface area contributed by atoms with Crippen LogP contribution in [-0.2, 0) is 0 Å². The van der Waals surface area contributed by atoms with Crippen molar-refractivity contribution in [2.45, 2.75) is 0 Å². The molecule has 0 spiro atoms. The first-order valence-electron chi connectivity index (χ1n) is 2.65. The van der Waals surface area contributed by atoms with Crippen LogP contribution in [0.1, 0.15) is 0 Å². The van der Waals surface area contributed by atoms with Crippen molar-refractivity contribution in [1.82, 2.24) is 0 Å². The minimum Gasteiger partial charge on any atom is -0.453 e. The molecular weight excluding hydrogens is 116 g/mol. The first kappa shape index (κ1) is 4.68. The molecule has 1 aromatic carbocycles. The normalized spacial score (nSPS) is 13.8. The summed E-state index contributed by atoms with van der Waals surface area (Å²) in [4.78, 5) is 0. The summed E-state index contributed by atoms with van der Waals surface area (Å²) in [5.74, 6) is 1.33. The van der Waals surface area contributed by atoms with Gasteiger partial charge in [0.2, 0.25) is 6.79 Å². The molecule has 9 heavy (non-hydrogen) atoms. The van der Waals surface area contributed by atoms with Crippen LogP contribution in [0.5, 0.6) is 11.5 Å². The van der Waals surface area contributed by atoms with Gasteiger partial charge in [0.1, 0.15) is 0 Å². The summed E-state index contributed by atoms with van der Waals surface area (Å²) in [5.41, 5.74) is 0. The van der Waals surface area contributed by atoms with Gasteiger partial charge in [0.25, 0.3) is 0 Å². The third-order valence-corrected chi connectivity index (χ3v) is 1.12. The van der Waals surface area contributed by atoms with Crippen molar-refractivity contribution < 1.29 is 9.47 Å². The van der Waals surface area contributed by atoms with Gasteiger partial charge in [-0.1, -0.05) is 0 Å². The van der Waals surface area contributed by atoms with Crippen LogP contribution in [0.15, 0.2) is 12.1 Å². The number of hydrogen-bond acceptors (Lipinski definition) is 2. The fraction of sp³-hybridized carbons (Fsp3) is 0.143. The summed E-state index contributed by atoms with van der Waals surface area (Å²) < 4.78 is 9.98. The Hall–Kier alpha value is -1.18. The Kier molecular flexibility index (Phi) is 0.859. The minimum atomic E-state index is 0.298. The zero-order chi connectivity index (χ0) is 6.10. The number of hydrogen-bond donors (Lipinski definition) is 0. The van der Waals surface area contributed by atoms with Gasteiger partial charge < -0.3 is 9.47 Å². The van der Waals surface area contributed by atoms with Crippen molar-refractivity contribution >= 4 is 0 Å². The molecule has 1 aliphatic heterocycles. The van der Waals surface area contributed by atoms with Gasteiger partial charge in [-0.05, 0) is 12.1 Å².